The highest BCUT2D eigenvalue weighted by Crippen LogP contribution is 2.24. The highest BCUT2D eigenvalue weighted by Gasteiger charge is 2.13. The number of carboxylic acids is 1. The average Bonchev–Trinajstić information content (AvgIpc) is 3.07. The molecular weight excluding hydrogens is 388 g/mol. The Bertz CT molecular complexity index is 1060. The first-order valence-electron chi connectivity index (χ1n) is 11.3. The van der Waals surface area contributed by atoms with Gasteiger partial charge in [0, 0.05) is 18.4 Å². The van der Waals surface area contributed by atoms with Gasteiger partial charge in [0.2, 0.25) is 0 Å². The Hall–Kier alpha value is -3.08. The highest BCUT2D eigenvalue weighted by atomic mass is 16.4. The Morgan fingerprint density at radius 1 is 0.935 bits per heavy atom. The number of aromatic carboxylic acids is 1. The van der Waals surface area contributed by atoms with Gasteiger partial charge in [0.05, 0.1) is 12.1 Å². The zero-order chi connectivity index (χ0) is 22.2. The lowest BCUT2D eigenvalue weighted by molar-refractivity contribution is 0.0697. The number of aryl methyl sites for hydroxylation is 2. The monoisotopic (exact) mass is 420 g/mol. The van der Waals surface area contributed by atoms with Gasteiger partial charge in [-0.25, -0.2) is 9.59 Å². The number of imidazole rings is 1. The number of unbranched alkanes of at least 4 members (excludes halogenated alkanes) is 3. The van der Waals surface area contributed by atoms with Crippen LogP contribution in [0.1, 0.15) is 67.6 Å². The van der Waals surface area contributed by atoms with E-state index >= 15 is 0 Å². The molecule has 0 fully saturated rings. The molecule has 164 valence electrons. The van der Waals surface area contributed by atoms with Crippen LogP contribution in [0.15, 0.2) is 59.5 Å². The predicted molar refractivity (Wildman–Crippen MR) is 125 cm³/mol. The molecule has 3 aromatic rings. The maximum Gasteiger partial charge on any atom is 0.336 e. The molecule has 1 aromatic heterocycles. The average molecular weight is 421 g/mol. The molecule has 0 aliphatic heterocycles. The summed E-state index contributed by atoms with van der Waals surface area (Å²) in [7, 11) is 0. The molecule has 0 spiro atoms. The van der Waals surface area contributed by atoms with Crippen LogP contribution in [-0.4, -0.2) is 20.2 Å². The first-order valence-corrected chi connectivity index (χ1v) is 11.3. The van der Waals surface area contributed by atoms with Crippen LogP contribution >= 0.6 is 0 Å². The van der Waals surface area contributed by atoms with Crippen LogP contribution in [0.25, 0.3) is 11.1 Å². The molecule has 0 amide bonds. The second-order valence-electron chi connectivity index (χ2n) is 8.04. The van der Waals surface area contributed by atoms with Gasteiger partial charge in [-0.05, 0) is 42.0 Å². The molecule has 3 rings (SSSR count). The second-order valence-corrected chi connectivity index (χ2v) is 8.04. The van der Waals surface area contributed by atoms with E-state index in [-0.39, 0.29) is 11.3 Å². The summed E-state index contributed by atoms with van der Waals surface area (Å²) in [4.78, 5) is 24.5. The van der Waals surface area contributed by atoms with Crippen molar-refractivity contribution in [2.75, 3.05) is 0 Å². The Kier molecular flexibility index (Phi) is 7.88. The molecule has 0 radical (unpaired) electrons. The van der Waals surface area contributed by atoms with Crippen LogP contribution in [0.4, 0.5) is 0 Å². The molecule has 0 aliphatic rings. The van der Waals surface area contributed by atoms with Crippen LogP contribution in [0, 0.1) is 0 Å². The molecule has 2 aromatic carbocycles. The standard InChI is InChI=1S/C26H32N2O3/c1-3-5-9-17-27-19-22(10-6-4-2)28(26(27)31)18-20-13-15-21(16-14-20)23-11-7-8-12-24(23)25(29)30/h7-8,11-16,19H,3-6,9-10,17-18H2,1-2H3,(H,29,30). The van der Waals surface area contributed by atoms with Crippen LogP contribution in [0.3, 0.4) is 0 Å². The number of carboxylic acid groups (broad SMARTS) is 1. The van der Waals surface area contributed by atoms with E-state index in [1.807, 2.05) is 51.7 Å². The van der Waals surface area contributed by atoms with Gasteiger partial charge in [0.1, 0.15) is 0 Å². The summed E-state index contributed by atoms with van der Waals surface area (Å²) < 4.78 is 3.75. The smallest absolute Gasteiger partial charge is 0.336 e. The fraction of sp³-hybridized carbons (Fsp3) is 0.385. The van der Waals surface area contributed by atoms with Gasteiger partial charge in [-0.1, -0.05) is 75.6 Å². The quantitative estimate of drug-likeness (QED) is 0.411. The van der Waals surface area contributed by atoms with Crippen molar-refractivity contribution in [3.63, 3.8) is 0 Å². The molecule has 1 heterocycles. The zero-order valence-corrected chi connectivity index (χ0v) is 18.5. The number of aromatic nitrogens is 2. The van der Waals surface area contributed by atoms with Crippen molar-refractivity contribution in [1.82, 2.24) is 9.13 Å². The zero-order valence-electron chi connectivity index (χ0n) is 18.5. The Morgan fingerprint density at radius 2 is 1.65 bits per heavy atom. The fourth-order valence-corrected chi connectivity index (χ4v) is 3.90. The van der Waals surface area contributed by atoms with Gasteiger partial charge in [0.25, 0.3) is 0 Å². The first-order chi connectivity index (χ1) is 15.0. The number of benzene rings is 2. The van der Waals surface area contributed by atoms with E-state index in [4.69, 9.17) is 0 Å². The van der Waals surface area contributed by atoms with Gasteiger partial charge >= 0.3 is 11.7 Å². The van der Waals surface area contributed by atoms with Crippen molar-refractivity contribution in [3.8, 4) is 11.1 Å². The Labute approximate surface area is 184 Å². The summed E-state index contributed by atoms with van der Waals surface area (Å²) in [5, 5.41) is 9.45. The van der Waals surface area contributed by atoms with E-state index in [1.54, 1.807) is 12.1 Å². The van der Waals surface area contributed by atoms with E-state index in [2.05, 4.69) is 13.8 Å². The molecular formula is C26H32N2O3. The topological polar surface area (TPSA) is 64.2 Å². The molecule has 0 atom stereocenters. The van der Waals surface area contributed by atoms with Crippen molar-refractivity contribution < 1.29 is 9.90 Å². The van der Waals surface area contributed by atoms with E-state index in [0.29, 0.717) is 12.1 Å². The molecule has 31 heavy (non-hydrogen) atoms. The number of rotatable bonds is 11. The first kappa shape index (κ1) is 22.6. The molecule has 0 unspecified atom stereocenters. The van der Waals surface area contributed by atoms with Crippen LogP contribution in [-0.2, 0) is 19.5 Å². The number of carbonyl (C=O) groups is 1. The van der Waals surface area contributed by atoms with Crippen molar-refractivity contribution in [2.24, 2.45) is 0 Å². The van der Waals surface area contributed by atoms with Crippen LogP contribution in [0.5, 0.6) is 0 Å². The molecule has 5 heteroatoms. The minimum atomic E-state index is -0.934. The van der Waals surface area contributed by atoms with Gasteiger partial charge in [-0.15, -0.1) is 0 Å². The summed E-state index contributed by atoms with van der Waals surface area (Å²) in [6.45, 7) is 5.62. The third-order valence-electron chi connectivity index (χ3n) is 5.68. The number of hydrogen-bond acceptors (Lipinski definition) is 2. The van der Waals surface area contributed by atoms with Crippen LogP contribution < -0.4 is 5.69 Å². The van der Waals surface area contributed by atoms with Gasteiger partial charge in [0.15, 0.2) is 0 Å². The SMILES string of the molecule is CCCCCn1cc(CCCC)n(Cc2ccc(-c3ccccc3C(=O)O)cc2)c1=O. The summed E-state index contributed by atoms with van der Waals surface area (Å²) in [5.74, 6) is -0.934. The van der Waals surface area contributed by atoms with E-state index < -0.39 is 5.97 Å². The molecule has 0 saturated carbocycles. The fourth-order valence-electron chi connectivity index (χ4n) is 3.90. The van der Waals surface area contributed by atoms with E-state index in [0.717, 1.165) is 61.9 Å². The largest absolute Gasteiger partial charge is 0.478 e. The predicted octanol–water partition coefficient (Wildman–Crippen LogP) is 5.60. The summed E-state index contributed by atoms with van der Waals surface area (Å²) in [5.41, 5.74) is 4.02. The third kappa shape index (κ3) is 5.54. The lowest BCUT2D eigenvalue weighted by Crippen LogP contribution is -2.25. The van der Waals surface area contributed by atoms with E-state index in [1.165, 1.54) is 0 Å². The summed E-state index contributed by atoms with van der Waals surface area (Å²) in [6, 6.07) is 14.9. The van der Waals surface area contributed by atoms with Crippen molar-refractivity contribution in [1.29, 1.82) is 0 Å². The minimum absolute atomic E-state index is 0.0579. The lowest BCUT2D eigenvalue weighted by atomic mass is 9.99. The molecule has 5 nitrogen and oxygen atoms in total. The van der Waals surface area contributed by atoms with Crippen molar-refractivity contribution in [3.05, 3.63) is 82.0 Å². The third-order valence-corrected chi connectivity index (χ3v) is 5.68. The Balaban J connectivity index is 1.85. The molecule has 0 bridgehead atoms. The summed E-state index contributed by atoms with van der Waals surface area (Å²) >= 11 is 0. The Morgan fingerprint density at radius 3 is 2.32 bits per heavy atom. The maximum atomic E-state index is 13.0. The molecule has 0 aliphatic carbocycles. The number of hydrogen-bond donors (Lipinski definition) is 1. The lowest BCUT2D eigenvalue weighted by Gasteiger charge is -2.10. The molecule has 0 saturated heterocycles. The van der Waals surface area contributed by atoms with Gasteiger partial charge in [-0.3, -0.25) is 9.13 Å². The summed E-state index contributed by atoms with van der Waals surface area (Å²) in [6.07, 6.45) is 8.36. The highest BCUT2D eigenvalue weighted by molar-refractivity contribution is 5.95. The number of nitrogens with zero attached hydrogens (tertiary/aromatic N) is 2. The van der Waals surface area contributed by atoms with Crippen molar-refractivity contribution >= 4 is 5.97 Å². The molecule has 1 N–H and O–H groups in total. The maximum absolute atomic E-state index is 13.0. The van der Waals surface area contributed by atoms with Gasteiger partial charge in [-0.2, -0.15) is 0 Å². The van der Waals surface area contributed by atoms with Gasteiger partial charge < -0.3 is 5.11 Å². The minimum Gasteiger partial charge on any atom is -0.478 e. The van der Waals surface area contributed by atoms with Crippen LogP contribution in [0.2, 0.25) is 0 Å². The normalized spacial score (nSPS) is 11.0. The van der Waals surface area contributed by atoms with E-state index in [9.17, 15) is 14.7 Å². The second kappa shape index (κ2) is 10.8. The van der Waals surface area contributed by atoms with Crippen molar-refractivity contribution in [2.45, 2.75) is 65.5 Å².